The zero-order chi connectivity index (χ0) is 12.7. The minimum atomic E-state index is -0.372. The Hall–Kier alpha value is -2.08. The molecule has 1 aliphatic rings. The van der Waals surface area contributed by atoms with E-state index in [1.807, 2.05) is 0 Å². The van der Waals surface area contributed by atoms with Crippen molar-refractivity contribution in [2.24, 2.45) is 0 Å². The number of carbonyl (C=O) groups excluding carboxylic acids is 2. The Bertz CT molecular complexity index is 637. The Morgan fingerprint density at radius 3 is 2.50 bits per heavy atom. The van der Waals surface area contributed by atoms with E-state index < -0.39 is 0 Å². The predicted octanol–water partition coefficient (Wildman–Crippen LogP) is 2.04. The summed E-state index contributed by atoms with van der Waals surface area (Å²) in [6, 6.07) is 3.21. The van der Waals surface area contributed by atoms with Crippen LogP contribution in [0.5, 0.6) is 0 Å². The smallest absolute Gasteiger partial charge is 0.267 e. The molecule has 0 aromatic carbocycles. The van der Waals surface area contributed by atoms with E-state index in [4.69, 9.17) is 0 Å². The Morgan fingerprint density at radius 1 is 1.00 bits per heavy atom. The summed E-state index contributed by atoms with van der Waals surface area (Å²) < 4.78 is 0.703. The molecule has 2 aromatic heterocycles. The van der Waals surface area contributed by atoms with Gasteiger partial charge in [0, 0.05) is 23.1 Å². The van der Waals surface area contributed by atoms with Crippen molar-refractivity contribution in [2.45, 2.75) is 0 Å². The number of rotatable bonds is 1. The lowest BCUT2D eigenvalue weighted by molar-refractivity contribution is 0.0926. The van der Waals surface area contributed by atoms with Gasteiger partial charge in [-0.2, -0.15) is 0 Å². The first kappa shape index (κ1) is 11.0. The van der Waals surface area contributed by atoms with Gasteiger partial charge < -0.3 is 0 Å². The summed E-state index contributed by atoms with van der Waals surface area (Å²) in [6.07, 6.45) is 5.96. The first-order chi connectivity index (χ1) is 8.68. The second-order valence-corrected chi connectivity index (χ2v) is 4.64. The van der Waals surface area contributed by atoms with Gasteiger partial charge in [-0.15, -0.1) is 0 Å². The fourth-order valence-corrected chi connectivity index (χ4v) is 2.19. The van der Waals surface area contributed by atoms with Crippen LogP contribution in [0.4, 0.5) is 5.69 Å². The maximum Gasteiger partial charge on any atom is 0.267 e. The standard InChI is InChI=1S/C12H6BrN3O2/c13-7-3-8(5-15-4-7)16-11(17)9-1-2-14-6-10(9)12(16)18/h1-6H. The lowest BCUT2D eigenvalue weighted by Crippen LogP contribution is -2.29. The fourth-order valence-electron chi connectivity index (χ4n) is 1.84. The first-order valence-electron chi connectivity index (χ1n) is 5.12. The zero-order valence-corrected chi connectivity index (χ0v) is 10.6. The number of imide groups is 1. The molecule has 2 aromatic rings. The molecular weight excluding hydrogens is 298 g/mol. The molecule has 0 fully saturated rings. The van der Waals surface area contributed by atoms with Gasteiger partial charge in [0.1, 0.15) is 0 Å². The van der Waals surface area contributed by atoms with E-state index in [9.17, 15) is 9.59 Å². The maximum atomic E-state index is 12.2. The summed E-state index contributed by atoms with van der Waals surface area (Å²) >= 11 is 3.26. The number of hydrogen-bond acceptors (Lipinski definition) is 4. The van der Waals surface area contributed by atoms with E-state index in [0.717, 1.165) is 4.90 Å². The van der Waals surface area contributed by atoms with Crippen LogP contribution in [0.25, 0.3) is 0 Å². The van der Waals surface area contributed by atoms with Gasteiger partial charge in [0.2, 0.25) is 0 Å². The van der Waals surface area contributed by atoms with Crippen LogP contribution in [-0.4, -0.2) is 21.8 Å². The molecule has 0 saturated heterocycles. The number of amides is 2. The number of carbonyl (C=O) groups is 2. The molecule has 3 heterocycles. The van der Waals surface area contributed by atoms with Crippen LogP contribution in [0.1, 0.15) is 20.7 Å². The molecule has 0 unspecified atom stereocenters. The Labute approximate surface area is 111 Å². The summed E-state index contributed by atoms with van der Waals surface area (Å²) in [6.45, 7) is 0. The summed E-state index contributed by atoms with van der Waals surface area (Å²) in [5, 5.41) is 0. The van der Waals surface area contributed by atoms with Crippen molar-refractivity contribution in [2.75, 3.05) is 4.90 Å². The Kier molecular flexibility index (Phi) is 2.45. The van der Waals surface area contributed by atoms with Gasteiger partial charge >= 0.3 is 0 Å². The summed E-state index contributed by atoms with van der Waals surface area (Å²) in [4.78, 5) is 33.2. The fraction of sp³-hybridized carbons (Fsp3) is 0. The van der Waals surface area contributed by atoms with Crippen LogP contribution >= 0.6 is 15.9 Å². The maximum absolute atomic E-state index is 12.2. The number of anilines is 1. The summed E-state index contributed by atoms with van der Waals surface area (Å²) in [5.41, 5.74) is 1.13. The molecule has 88 valence electrons. The van der Waals surface area contributed by atoms with Crippen molar-refractivity contribution in [3.8, 4) is 0 Å². The van der Waals surface area contributed by atoms with Crippen molar-refractivity contribution in [1.82, 2.24) is 9.97 Å². The topological polar surface area (TPSA) is 63.2 Å². The van der Waals surface area contributed by atoms with E-state index in [0.29, 0.717) is 21.3 Å². The molecule has 2 amide bonds. The van der Waals surface area contributed by atoms with E-state index in [1.165, 1.54) is 18.6 Å². The molecule has 0 radical (unpaired) electrons. The van der Waals surface area contributed by atoms with Gasteiger partial charge in [-0.3, -0.25) is 19.6 Å². The highest BCUT2D eigenvalue weighted by Gasteiger charge is 2.36. The van der Waals surface area contributed by atoms with E-state index in [1.54, 1.807) is 18.3 Å². The first-order valence-corrected chi connectivity index (χ1v) is 5.91. The highest BCUT2D eigenvalue weighted by Crippen LogP contribution is 2.28. The quantitative estimate of drug-likeness (QED) is 0.756. The zero-order valence-electron chi connectivity index (χ0n) is 9.00. The highest BCUT2D eigenvalue weighted by molar-refractivity contribution is 9.10. The molecule has 0 spiro atoms. The molecule has 0 aliphatic carbocycles. The number of aromatic nitrogens is 2. The summed E-state index contributed by atoms with van der Waals surface area (Å²) in [7, 11) is 0. The van der Waals surface area contributed by atoms with Gasteiger partial charge in [-0.05, 0) is 28.1 Å². The van der Waals surface area contributed by atoms with Gasteiger partial charge in [0.05, 0.1) is 23.0 Å². The molecule has 0 bridgehead atoms. The molecular formula is C12H6BrN3O2. The van der Waals surface area contributed by atoms with Crippen molar-refractivity contribution in [3.63, 3.8) is 0 Å². The molecule has 18 heavy (non-hydrogen) atoms. The predicted molar refractivity (Wildman–Crippen MR) is 67.3 cm³/mol. The molecule has 0 atom stereocenters. The van der Waals surface area contributed by atoms with Crippen LogP contribution in [-0.2, 0) is 0 Å². The molecule has 0 saturated carbocycles. The van der Waals surface area contributed by atoms with Crippen molar-refractivity contribution in [1.29, 1.82) is 0 Å². The van der Waals surface area contributed by atoms with Gasteiger partial charge in [-0.1, -0.05) is 0 Å². The van der Waals surface area contributed by atoms with Crippen molar-refractivity contribution >= 4 is 33.4 Å². The van der Waals surface area contributed by atoms with E-state index in [-0.39, 0.29) is 11.8 Å². The third kappa shape index (κ3) is 1.53. The average Bonchev–Trinajstić information content (AvgIpc) is 2.63. The van der Waals surface area contributed by atoms with Crippen LogP contribution in [0.2, 0.25) is 0 Å². The average molecular weight is 304 g/mol. The third-order valence-corrected chi connectivity index (χ3v) is 3.07. The van der Waals surface area contributed by atoms with Crippen molar-refractivity contribution in [3.05, 3.63) is 52.5 Å². The van der Waals surface area contributed by atoms with E-state index >= 15 is 0 Å². The number of hydrogen-bond donors (Lipinski definition) is 0. The number of halogens is 1. The summed E-state index contributed by atoms with van der Waals surface area (Å²) in [5.74, 6) is -0.722. The van der Waals surface area contributed by atoms with Gasteiger partial charge in [0.15, 0.2) is 0 Å². The largest absolute Gasteiger partial charge is 0.268 e. The number of nitrogens with zero attached hydrogens (tertiary/aromatic N) is 3. The molecule has 3 rings (SSSR count). The minimum absolute atomic E-state index is 0.322. The highest BCUT2D eigenvalue weighted by atomic mass is 79.9. The normalized spacial score (nSPS) is 13.9. The minimum Gasteiger partial charge on any atom is -0.268 e. The number of fused-ring (bicyclic) bond motifs is 1. The second-order valence-electron chi connectivity index (χ2n) is 3.73. The Balaban J connectivity index is 2.12. The van der Waals surface area contributed by atoms with Crippen LogP contribution in [0.3, 0.4) is 0 Å². The monoisotopic (exact) mass is 303 g/mol. The van der Waals surface area contributed by atoms with Gasteiger partial charge in [-0.25, -0.2) is 4.90 Å². The second kappa shape index (κ2) is 3.99. The lowest BCUT2D eigenvalue weighted by Gasteiger charge is -2.13. The van der Waals surface area contributed by atoms with Crippen molar-refractivity contribution < 1.29 is 9.59 Å². The van der Waals surface area contributed by atoms with E-state index in [2.05, 4.69) is 25.9 Å². The Morgan fingerprint density at radius 2 is 1.78 bits per heavy atom. The lowest BCUT2D eigenvalue weighted by atomic mass is 10.2. The SMILES string of the molecule is O=C1c2ccncc2C(=O)N1c1cncc(Br)c1. The van der Waals surface area contributed by atoms with Crippen LogP contribution in [0.15, 0.2) is 41.4 Å². The molecule has 6 heteroatoms. The molecule has 0 N–H and O–H groups in total. The van der Waals surface area contributed by atoms with Crippen LogP contribution in [0, 0.1) is 0 Å². The molecule has 5 nitrogen and oxygen atoms in total. The van der Waals surface area contributed by atoms with Gasteiger partial charge in [0.25, 0.3) is 11.8 Å². The number of pyridine rings is 2. The molecule has 1 aliphatic heterocycles. The van der Waals surface area contributed by atoms with Crippen LogP contribution < -0.4 is 4.90 Å². The third-order valence-electron chi connectivity index (χ3n) is 2.64.